The number of anilines is 3. The van der Waals surface area contributed by atoms with Gasteiger partial charge in [0, 0.05) is 34.7 Å². The molecule has 0 radical (unpaired) electrons. The Bertz CT molecular complexity index is 611. The molecule has 21 heavy (non-hydrogen) atoms. The van der Waals surface area contributed by atoms with Crippen LogP contribution in [-0.2, 0) is 6.54 Å². The smallest absolute Gasteiger partial charge is 0.232 e. The molecule has 0 bridgehead atoms. The van der Waals surface area contributed by atoms with Crippen LogP contribution in [0.4, 0.5) is 17.8 Å². The Balaban J connectivity index is 2.28. The maximum atomic E-state index is 4.50. The minimum Gasteiger partial charge on any atom is -0.357 e. The highest BCUT2D eigenvalue weighted by Crippen LogP contribution is 2.17. The zero-order valence-electron chi connectivity index (χ0n) is 13.3. The summed E-state index contributed by atoms with van der Waals surface area (Å²) in [5.74, 6) is 1.86. The van der Waals surface area contributed by atoms with Crippen molar-refractivity contribution in [2.75, 3.05) is 43.3 Å². The number of nitrogens with zero attached hydrogens (tertiary/aromatic N) is 5. The second kappa shape index (κ2) is 6.39. The second-order valence-corrected chi connectivity index (χ2v) is 5.19. The highest BCUT2D eigenvalue weighted by molar-refractivity contribution is 5.44. The van der Waals surface area contributed by atoms with Gasteiger partial charge >= 0.3 is 0 Å². The van der Waals surface area contributed by atoms with E-state index in [9.17, 15) is 0 Å². The van der Waals surface area contributed by atoms with Gasteiger partial charge in [0.15, 0.2) is 0 Å². The molecule has 2 rings (SSSR count). The first-order valence-corrected chi connectivity index (χ1v) is 6.88. The van der Waals surface area contributed by atoms with Gasteiger partial charge in [-0.05, 0) is 18.1 Å². The molecule has 0 amide bonds. The van der Waals surface area contributed by atoms with Gasteiger partial charge in [0.05, 0.1) is 0 Å². The fraction of sp³-hybridized carbons (Fsp3) is 0.400. The van der Waals surface area contributed by atoms with Crippen LogP contribution < -0.4 is 15.1 Å². The lowest BCUT2D eigenvalue weighted by atomic mass is 10.1. The molecule has 0 unspecified atom stereocenters. The summed E-state index contributed by atoms with van der Waals surface area (Å²) in [4.78, 5) is 17.1. The molecule has 0 aliphatic rings. The molecule has 1 N–H and O–H groups in total. The number of rotatable bonds is 5. The van der Waals surface area contributed by atoms with Crippen molar-refractivity contribution in [2.24, 2.45) is 0 Å². The first kappa shape index (κ1) is 15.0. The molecule has 1 heterocycles. The summed E-state index contributed by atoms with van der Waals surface area (Å²) < 4.78 is 0. The van der Waals surface area contributed by atoms with Gasteiger partial charge in [-0.2, -0.15) is 15.0 Å². The predicted octanol–water partition coefficient (Wildman–Crippen LogP) is 1.92. The third-order valence-corrected chi connectivity index (χ3v) is 3.25. The van der Waals surface area contributed by atoms with Gasteiger partial charge in [-0.1, -0.05) is 24.3 Å². The summed E-state index contributed by atoms with van der Waals surface area (Å²) in [5, 5.41) is 2.98. The topological polar surface area (TPSA) is 57.2 Å². The van der Waals surface area contributed by atoms with E-state index in [4.69, 9.17) is 0 Å². The molecule has 0 atom stereocenters. The largest absolute Gasteiger partial charge is 0.357 e. The molecular formula is C15H22N6. The molecule has 0 aliphatic carbocycles. The van der Waals surface area contributed by atoms with Crippen LogP contribution in [0.3, 0.4) is 0 Å². The van der Waals surface area contributed by atoms with Gasteiger partial charge in [0.2, 0.25) is 17.8 Å². The van der Waals surface area contributed by atoms with Gasteiger partial charge in [0.25, 0.3) is 0 Å². The zero-order valence-corrected chi connectivity index (χ0v) is 13.3. The summed E-state index contributed by atoms with van der Waals surface area (Å²) in [6.07, 6.45) is 0. The lowest BCUT2D eigenvalue weighted by molar-refractivity contribution is 0.840. The van der Waals surface area contributed by atoms with Gasteiger partial charge in [-0.3, -0.25) is 0 Å². The van der Waals surface area contributed by atoms with Crippen molar-refractivity contribution < 1.29 is 0 Å². The van der Waals surface area contributed by atoms with Crippen LogP contribution in [-0.4, -0.2) is 43.1 Å². The van der Waals surface area contributed by atoms with Crippen LogP contribution in [0.15, 0.2) is 24.3 Å². The first-order valence-electron chi connectivity index (χ1n) is 6.88. The number of hydrogen-bond acceptors (Lipinski definition) is 6. The van der Waals surface area contributed by atoms with Crippen molar-refractivity contribution >= 4 is 17.8 Å². The van der Waals surface area contributed by atoms with Crippen molar-refractivity contribution in [2.45, 2.75) is 13.5 Å². The van der Waals surface area contributed by atoms with Gasteiger partial charge in [-0.25, -0.2) is 0 Å². The fourth-order valence-corrected chi connectivity index (χ4v) is 1.95. The Morgan fingerprint density at radius 3 is 2.29 bits per heavy atom. The van der Waals surface area contributed by atoms with E-state index in [1.165, 1.54) is 11.1 Å². The summed E-state index contributed by atoms with van der Waals surface area (Å²) in [6.45, 7) is 2.87. The molecule has 112 valence electrons. The van der Waals surface area contributed by atoms with Crippen molar-refractivity contribution in [3.05, 3.63) is 35.4 Å². The molecule has 1 aromatic heterocycles. The van der Waals surface area contributed by atoms with E-state index < -0.39 is 0 Å². The average Bonchev–Trinajstić information content (AvgIpc) is 2.49. The third kappa shape index (κ3) is 3.59. The monoisotopic (exact) mass is 286 g/mol. The van der Waals surface area contributed by atoms with E-state index in [0.29, 0.717) is 17.8 Å². The van der Waals surface area contributed by atoms with Crippen molar-refractivity contribution in [3.63, 3.8) is 0 Å². The third-order valence-electron chi connectivity index (χ3n) is 3.25. The Morgan fingerprint density at radius 1 is 1.00 bits per heavy atom. The minimum absolute atomic E-state index is 0.570. The molecule has 0 aliphatic heterocycles. The molecule has 2 aromatic rings. The Labute approximate surface area is 125 Å². The van der Waals surface area contributed by atoms with E-state index in [0.717, 1.165) is 6.54 Å². The quantitative estimate of drug-likeness (QED) is 0.906. The Morgan fingerprint density at radius 2 is 1.67 bits per heavy atom. The van der Waals surface area contributed by atoms with Crippen LogP contribution in [0.1, 0.15) is 11.1 Å². The molecular weight excluding hydrogens is 264 g/mol. The molecule has 0 saturated carbocycles. The minimum atomic E-state index is 0.570. The molecule has 0 spiro atoms. The maximum absolute atomic E-state index is 4.50. The van der Waals surface area contributed by atoms with Crippen LogP contribution in [0, 0.1) is 6.92 Å². The highest BCUT2D eigenvalue weighted by atomic mass is 15.3. The number of aromatic nitrogens is 3. The summed E-state index contributed by atoms with van der Waals surface area (Å²) in [7, 11) is 7.63. The van der Waals surface area contributed by atoms with Crippen LogP contribution in [0.2, 0.25) is 0 Å². The standard InChI is InChI=1S/C15H22N6/c1-11-8-6-7-9-12(11)10-21(5)15-18-13(16-2)17-14(19-15)20(3)4/h6-9H,10H2,1-5H3,(H,16,17,18,19). The van der Waals surface area contributed by atoms with Gasteiger partial charge in [-0.15, -0.1) is 0 Å². The van der Waals surface area contributed by atoms with Crippen LogP contribution in [0.5, 0.6) is 0 Å². The van der Waals surface area contributed by atoms with Crippen LogP contribution in [0.25, 0.3) is 0 Å². The Hall–Kier alpha value is -2.37. The summed E-state index contributed by atoms with van der Waals surface area (Å²) >= 11 is 0. The lowest BCUT2D eigenvalue weighted by Crippen LogP contribution is -2.23. The fourth-order valence-electron chi connectivity index (χ4n) is 1.95. The SMILES string of the molecule is CNc1nc(N(C)C)nc(N(C)Cc2ccccc2C)n1. The van der Waals surface area contributed by atoms with Crippen molar-refractivity contribution in [1.82, 2.24) is 15.0 Å². The molecule has 6 nitrogen and oxygen atoms in total. The van der Waals surface area contributed by atoms with E-state index in [2.05, 4.69) is 39.3 Å². The second-order valence-electron chi connectivity index (χ2n) is 5.19. The summed E-state index contributed by atoms with van der Waals surface area (Å²) in [6, 6.07) is 8.33. The lowest BCUT2D eigenvalue weighted by Gasteiger charge is -2.20. The van der Waals surface area contributed by atoms with Crippen LogP contribution >= 0.6 is 0 Å². The van der Waals surface area contributed by atoms with E-state index >= 15 is 0 Å². The van der Waals surface area contributed by atoms with E-state index in [1.54, 1.807) is 7.05 Å². The molecule has 0 fully saturated rings. The zero-order chi connectivity index (χ0) is 15.4. The number of nitrogens with one attached hydrogen (secondary N) is 1. The van der Waals surface area contributed by atoms with Gasteiger partial charge in [0.1, 0.15) is 0 Å². The summed E-state index contributed by atoms with van der Waals surface area (Å²) in [5.41, 5.74) is 2.53. The highest BCUT2D eigenvalue weighted by Gasteiger charge is 2.12. The normalized spacial score (nSPS) is 10.3. The predicted molar refractivity (Wildman–Crippen MR) is 87.0 cm³/mol. The molecule has 0 saturated heterocycles. The van der Waals surface area contributed by atoms with E-state index in [1.807, 2.05) is 43.1 Å². The number of hydrogen-bond donors (Lipinski definition) is 1. The van der Waals surface area contributed by atoms with Gasteiger partial charge < -0.3 is 15.1 Å². The average molecular weight is 286 g/mol. The van der Waals surface area contributed by atoms with Crippen molar-refractivity contribution in [3.8, 4) is 0 Å². The molecule has 1 aromatic carbocycles. The number of aryl methyl sites for hydroxylation is 1. The molecule has 6 heteroatoms. The number of benzene rings is 1. The van der Waals surface area contributed by atoms with Crippen molar-refractivity contribution in [1.29, 1.82) is 0 Å². The maximum Gasteiger partial charge on any atom is 0.232 e. The van der Waals surface area contributed by atoms with E-state index in [-0.39, 0.29) is 0 Å². The Kier molecular flexibility index (Phi) is 4.57. The first-order chi connectivity index (χ1) is 10.0.